The van der Waals surface area contributed by atoms with Crippen molar-refractivity contribution in [2.45, 2.75) is 25.5 Å². The van der Waals surface area contributed by atoms with E-state index in [0.29, 0.717) is 19.5 Å². The van der Waals surface area contributed by atoms with E-state index < -0.39 is 19.7 Å². The van der Waals surface area contributed by atoms with Crippen LogP contribution in [0, 0.1) is 0 Å². The van der Waals surface area contributed by atoms with Crippen LogP contribution in [0.2, 0.25) is 0 Å². The highest BCUT2D eigenvalue weighted by molar-refractivity contribution is 7.92. The SMILES string of the molecule is CCC(C)S(=O)(=O)CCNCCS(C)(=O)=O. The maximum atomic E-state index is 11.6. The molecule has 5 nitrogen and oxygen atoms in total. The van der Waals surface area contributed by atoms with Gasteiger partial charge in [0.05, 0.1) is 16.8 Å². The fraction of sp³-hybridized carbons (Fsp3) is 1.00. The van der Waals surface area contributed by atoms with Crippen LogP contribution in [-0.4, -0.2) is 52.9 Å². The number of sulfone groups is 2. The predicted molar refractivity (Wildman–Crippen MR) is 66.1 cm³/mol. The fourth-order valence-corrected chi connectivity index (χ4v) is 2.91. The van der Waals surface area contributed by atoms with E-state index in [4.69, 9.17) is 0 Å². The maximum absolute atomic E-state index is 11.6. The van der Waals surface area contributed by atoms with Crippen LogP contribution in [0.5, 0.6) is 0 Å². The quantitative estimate of drug-likeness (QED) is 0.620. The molecular formula is C9H21NO4S2. The van der Waals surface area contributed by atoms with E-state index in [1.54, 1.807) is 6.92 Å². The normalized spacial score (nSPS) is 14.9. The first-order valence-corrected chi connectivity index (χ1v) is 9.06. The topological polar surface area (TPSA) is 80.3 Å². The Balaban J connectivity index is 3.84. The largest absolute Gasteiger partial charge is 0.315 e. The second-order valence-electron chi connectivity index (χ2n) is 3.97. The molecule has 0 aliphatic heterocycles. The summed E-state index contributed by atoms with van der Waals surface area (Å²) in [5.41, 5.74) is 0. The van der Waals surface area contributed by atoms with E-state index in [2.05, 4.69) is 5.32 Å². The summed E-state index contributed by atoms with van der Waals surface area (Å²) in [5.74, 6) is 0.0994. The van der Waals surface area contributed by atoms with Gasteiger partial charge in [0.15, 0.2) is 9.84 Å². The summed E-state index contributed by atoms with van der Waals surface area (Å²) in [6, 6.07) is 0. The summed E-state index contributed by atoms with van der Waals surface area (Å²) in [5, 5.41) is 2.49. The smallest absolute Gasteiger partial charge is 0.154 e. The number of nitrogens with one attached hydrogen (secondary N) is 1. The van der Waals surface area contributed by atoms with Crippen molar-refractivity contribution in [2.75, 3.05) is 30.9 Å². The van der Waals surface area contributed by atoms with Gasteiger partial charge in [0.25, 0.3) is 0 Å². The number of hydrogen-bond acceptors (Lipinski definition) is 5. The average Bonchev–Trinajstić information content (AvgIpc) is 2.14. The van der Waals surface area contributed by atoms with Gasteiger partial charge >= 0.3 is 0 Å². The molecule has 0 aromatic heterocycles. The van der Waals surface area contributed by atoms with Crippen LogP contribution in [0.1, 0.15) is 20.3 Å². The lowest BCUT2D eigenvalue weighted by atomic mass is 10.4. The molecule has 0 radical (unpaired) electrons. The Morgan fingerprint density at radius 1 is 1.06 bits per heavy atom. The van der Waals surface area contributed by atoms with Crippen LogP contribution >= 0.6 is 0 Å². The molecule has 1 N–H and O–H groups in total. The molecule has 0 aromatic carbocycles. The first-order chi connectivity index (χ1) is 7.19. The van der Waals surface area contributed by atoms with Gasteiger partial charge in [-0.2, -0.15) is 0 Å². The van der Waals surface area contributed by atoms with E-state index in [9.17, 15) is 16.8 Å². The molecule has 0 aliphatic rings. The lowest BCUT2D eigenvalue weighted by Gasteiger charge is -2.10. The Morgan fingerprint density at radius 3 is 2.00 bits per heavy atom. The molecule has 0 aliphatic carbocycles. The monoisotopic (exact) mass is 271 g/mol. The van der Waals surface area contributed by atoms with Crippen LogP contribution in [0.15, 0.2) is 0 Å². The molecule has 0 aromatic rings. The molecule has 0 fully saturated rings. The summed E-state index contributed by atoms with van der Waals surface area (Å²) in [6.45, 7) is 4.13. The van der Waals surface area contributed by atoms with Crippen LogP contribution < -0.4 is 5.32 Å². The third-order valence-corrected chi connectivity index (χ3v) is 5.68. The molecule has 0 bridgehead atoms. The van der Waals surface area contributed by atoms with E-state index in [-0.39, 0.29) is 16.8 Å². The first-order valence-electron chi connectivity index (χ1n) is 5.29. The lowest BCUT2D eigenvalue weighted by molar-refractivity contribution is 0.576. The Morgan fingerprint density at radius 2 is 1.56 bits per heavy atom. The van der Waals surface area contributed by atoms with Crippen LogP contribution in [0.4, 0.5) is 0 Å². The van der Waals surface area contributed by atoms with Gasteiger partial charge in [0.1, 0.15) is 9.84 Å². The highest BCUT2D eigenvalue weighted by atomic mass is 32.2. The highest BCUT2D eigenvalue weighted by Crippen LogP contribution is 2.04. The summed E-state index contributed by atoms with van der Waals surface area (Å²) < 4.78 is 44.7. The van der Waals surface area contributed by atoms with E-state index in [1.165, 1.54) is 0 Å². The molecule has 0 saturated heterocycles. The van der Waals surface area contributed by atoms with E-state index in [1.807, 2.05) is 6.92 Å². The zero-order valence-electron chi connectivity index (χ0n) is 10.1. The molecule has 0 spiro atoms. The molecule has 7 heteroatoms. The molecule has 0 amide bonds. The molecule has 0 heterocycles. The molecular weight excluding hydrogens is 250 g/mol. The van der Waals surface area contributed by atoms with Gasteiger partial charge in [-0.15, -0.1) is 0 Å². The fourth-order valence-electron chi connectivity index (χ4n) is 1.05. The van der Waals surface area contributed by atoms with Crippen molar-refractivity contribution < 1.29 is 16.8 Å². The van der Waals surface area contributed by atoms with Gasteiger partial charge in [-0.3, -0.25) is 0 Å². The molecule has 0 saturated carbocycles. The maximum Gasteiger partial charge on any atom is 0.154 e. The third kappa shape index (κ3) is 7.19. The summed E-state index contributed by atoms with van der Waals surface area (Å²) in [7, 11) is -6.01. The van der Waals surface area contributed by atoms with Gasteiger partial charge < -0.3 is 5.32 Å². The zero-order valence-corrected chi connectivity index (χ0v) is 11.7. The summed E-state index contributed by atoms with van der Waals surface area (Å²) in [6.07, 6.45) is 1.76. The van der Waals surface area contributed by atoms with Crippen molar-refractivity contribution >= 4 is 19.7 Å². The van der Waals surface area contributed by atoms with Crippen molar-refractivity contribution in [3.05, 3.63) is 0 Å². The minimum absolute atomic E-state index is 0.0381. The number of rotatable bonds is 8. The van der Waals surface area contributed by atoms with Crippen molar-refractivity contribution in [1.29, 1.82) is 0 Å². The Kier molecular flexibility index (Phi) is 6.50. The minimum atomic E-state index is -3.04. The molecule has 1 unspecified atom stereocenters. The van der Waals surface area contributed by atoms with Crippen LogP contribution in [0.3, 0.4) is 0 Å². The van der Waals surface area contributed by atoms with Crippen molar-refractivity contribution in [3.8, 4) is 0 Å². The van der Waals surface area contributed by atoms with Crippen molar-refractivity contribution in [2.24, 2.45) is 0 Å². The first kappa shape index (κ1) is 15.9. The molecule has 98 valence electrons. The average molecular weight is 271 g/mol. The summed E-state index contributed by atoms with van der Waals surface area (Å²) in [4.78, 5) is 0. The summed E-state index contributed by atoms with van der Waals surface area (Å²) >= 11 is 0. The van der Waals surface area contributed by atoms with E-state index >= 15 is 0 Å². The molecule has 16 heavy (non-hydrogen) atoms. The standard InChI is InChI=1S/C9H21NO4S2/c1-4-9(2)16(13,14)8-6-10-5-7-15(3,11)12/h9-10H,4-8H2,1-3H3. The Hall–Kier alpha value is -0.140. The lowest BCUT2D eigenvalue weighted by Crippen LogP contribution is -2.30. The highest BCUT2D eigenvalue weighted by Gasteiger charge is 2.17. The van der Waals surface area contributed by atoms with Crippen LogP contribution in [-0.2, 0) is 19.7 Å². The molecule has 1 atom stereocenters. The Labute approximate surface area is 98.5 Å². The minimum Gasteiger partial charge on any atom is -0.315 e. The van der Waals surface area contributed by atoms with Crippen molar-refractivity contribution in [3.63, 3.8) is 0 Å². The Bertz CT molecular complexity index is 386. The van der Waals surface area contributed by atoms with Crippen molar-refractivity contribution in [1.82, 2.24) is 5.32 Å². The van der Waals surface area contributed by atoms with Gasteiger partial charge in [0, 0.05) is 19.3 Å². The van der Waals surface area contributed by atoms with Gasteiger partial charge in [-0.05, 0) is 13.3 Å². The van der Waals surface area contributed by atoms with Gasteiger partial charge in [-0.25, -0.2) is 16.8 Å². The second-order valence-corrected chi connectivity index (χ2v) is 8.76. The van der Waals surface area contributed by atoms with Gasteiger partial charge in [0.2, 0.25) is 0 Å². The number of hydrogen-bond donors (Lipinski definition) is 1. The zero-order chi connectivity index (χ0) is 12.8. The van der Waals surface area contributed by atoms with Crippen LogP contribution in [0.25, 0.3) is 0 Å². The third-order valence-electron chi connectivity index (χ3n) is 2.40. The molecule has 0 rings (SSSR count). The van der Waals surface area contributed by atoms with Gasteiger partial charge in [-0.1, -0.05) is 6.92 Å². The van der Waals surface area contributed by atoms with E-state index in [0.717, 1.165) is 6.26 Å². The predicted octanol–water partition coefficient (Wildman–Crippen LogP) is -0.166. The second kappa shape index (κ2) is 6.56.